The summed E-state index contributed by atoms with van der Waals surface area (Å²) in [6.07, 6.45) is 1.71. The molecule has 0 bridgehead atoms. The average Bonchev–Trinajstić information content (AvgIpc) is 2.48. The molecule has 0 atom stereocenters. The molecule has 0 aliphatic carbocycles. The zero-order chi connectivity index (χ0) is 16.8. The number of H-pyrrole nitrogens is 2. The zero-order valence-electron chi connectivity index (χ0n) is 12.4. The molecular weight excluding hydrogens is 320 g/mol. The van der Waals surface area contributed by atoms with Gasteiger partial charge in [-0.3, -0.25) is 14.6 Å². The molecule has 2 aromatic rings. The van der Waals surface area contributed by atoms with Crippen LogP contribution in [0.1, 0.15) is 23.2 Å². The van der Waals surface area contributed by atoms with Crippen molar-refractivity contribution >= 4 is 23.7 Å². The Morgan fingerprint density at radius 3 is 2.74 bits per heavy atom. The van der Waals surface area contributed by atoms with Crippen molar-refractivity contribution in [2.45, 2.75) is 19.8 Å². The molecular formula is C15H15ClN4O3. The van der Waals surface area contributed by atoms with E-state index in [1.54, 1.807) is 31.2 Å². The number of carbonyl (C=O) groups is 1. The highest BCUT2D eigenvalue weighted by molar-refractivity contribution is 6.33. The molecule has 120 valence electrons. The van der Waals surface area contributed by atoms with E-state index in [-0.39, 0.29) is 18.7 Å². The molecule has 0 aliphatic rings. The van der Waals surface area contributed by atoms with Crippen LogP contribution in [-0.2, 0) is 11.2 Å². The van der Waals surface area contributed by atoms with E-state index in [2.05, 4.69) is 20.5 Å². The number of halogens is 1. The largest absolute Gasteiger partial charge is 0.325 e. The van der Waals surface area contributed by atoms with Crippen LogP contribution in [0, 0.1) is 6.92 Å². The molecule has 3 N–H and O–H groups in total. The SMILES string of the molecule is Cc1[nH]c(=O)[nH]c(=O)c1CCC(=O)N/N=C/c1ccccc1Cl. The Hall–Kier alpha value is -2.67. The minimum absolute atomic E-state index is 0.0653. The van der Waals surface area contributed by atoms with Gasteiger partial charge in [-0.25, -0.2) is 10.2 Å². The minimum atomic E-state index is -0.565. The summed E-state index contributed by atoms with van der Waals surface area (Å²) in [6, 6.07) is 7.08. The number of hydrogen-bond donors (Lipinski definition) is 3. The summed E-state index contributed by atoms with van der Waals surface area (Å²) in [4.78, 5) is 39.1. The second kappa shape index (κ2) is 7.55. The molecule has 1 aromatic heterocycles. The Morgan fingerprint density at radius 1 is 1.30 bits per heavy atom. The minimum Gasteiger partial charge on any atom is -0.311 e. The molecule has 0 spiro atoms. The fraction of sp³-hybridized carbons (Fsp3) is 0.200. The van der Waals surface area contributed by atoms with E-state index in [9.17, 15) is 14.4 Å². The van der Waals surface area contributed by atoms with E-state index in [0.29, 0.717) is 21.8 Å². The summed E-state index contributed by atoms with van der Waals surface area (Å²) in [6.45, 7) is 1.61. The van der Waals surface area contributed by atoms with Gasteiger partial charge in [-0.05, 0) is 19.4 Å². The molecule has 0 aliphatic heterocycles. The summed E-state index contributed by atoms with van der Waals surface area (Å²) in [5.74, 6) is -0.349. The predicted molar refractivity (Wildman–Crippen MR) is 87.9 cm³/mol. The van der Waals surface area contributed by atoms with Gasteiger partial charge < -0.3 is 4.98 Å². The van der Waals surface area contributed by atoms with E-state index in [4.69, 9.17) is 11.6 Å². The Kier molecular flexibility index (Phi) is 5.48. The average molecular weight is 335 g/mol. The van der Waals surface area contributed by atoms with Crippen LogP contribution in [0.2, 0.25) is 5.02 Å². The molecule has 0 unspecified atom stereocenters. The molecule has 1 amide bonds. The Bertz CT molecular complexity index is 854. The Labute approximate surface area is 136 Å². The molecule has 0 saturated carbocycles. The molecule has 0 fully saturated rings. The first kappa shape index (κ1) is 16.7. The lowest BCUT2D eigenvalue weighted by molar-refractivity contribution is -0.121. The molecule has 0 saturated heterocycles. The molecule has 1 heterocycles. The number of nitrogens with zero attached hydrogens (tertiary/aromatic N) is 1. The number of carbonyl (C=O) groups excluding carboxylic acids is 1. The number of rotatable bonds is 5. The highest BCUT2D eigenvalue weighted by atomic mass is 35.5. The van der Waals surface area contributed by atoms with Crippen molar-refractivity contribution in [1.82, 2.24) is 15.4 Å². The first-order valence-corrected chi connectivity index (χ1v) is 7.23. The van der Waals surface area contributed by atoms with Crippen molar-refractivity contribution < 1.29 is 4.79 Å². The first-order valence-electron chi connectivity index (χ1n) is 6.86. The smallest absolute Gasteiger partial charge is 0.311 e. The van der Waals surface area contributed by atoms with Gasteiger partial charge in [0.15, 0.2) is 0 Å². The van der Waals surface area contributed by atoms with E-state index >= 15 is 0 Å². The number of aromatic amines is 2. The first-order chi connectivity index (χ1) is 11.0. The third kappa shape index (κ3) is 4.65. The summed E-state index contributed by atoms with van der Waals surface area (Å²) in [5, 5.41) is 4.35. The van der Waals surface area contributed by atoms with Gasteiger partial charge in [0, 0.05) is 28.3 Å². The molecule has 1 aromatic carbocycles. The third-order valence-electron chi connectivity index (χ3n) is 3.16. The monoisotopic (exact) mass is 334 g/mol. The van der Waals surface area contributed by atoms with Crippen molar-refractivity contribution in [3.63, 3.8) is 0 Å². The fourth-order valence-corrected chi connectivity index (χ4v) is 2.16. The lowest BCUT2D eigenvalue weighted by Gasteiger charge is -2.03. The van der Waals surface area contributed by atoms with Crippen molar-refractivity contribution in [3.8, 4) is 0 Å². The van der Waals surface area contributed by atoms with Gasteiger partial charge in [-0.2, -0.15) is 5.10 Å². The maximum atomic E-state index is 11.7. The third-order valence-corrected chi connectivity index (χ3v) is 3.50. The van der Waals surface area contributed by atoms with Crippen molar-refractivity contribution in [3.05, 3.63) is 66.9 Å². The van der Waals surface area contributed by atoms with Crippen LogP contribution >= 0.6 is 11.6 Å². The molecule has 23 heavy (non-hydrogen) atoms. The summed E-state index contributed by atoms with van der Waals surface area (Å²) < 4.78 is 0. The van der Waals surface area contributed by atoms with Gasteiger partial charge in [0.2, 0.25) is 5.91 Å². The summed E-state index contributed by atoms with van der Waals surface area (Å²) in [7, 11) is 0. The highest BCUT2D eigenvalue weighted by Crippen LogP contribution is 2.12. The second-order valence-electron chi connectivity index (χ2n) is 4.83. The van der Waals surface area contributed by atoms with Crippen molar-refractivity contribution in [1.29, 1.82) is 0 Å². The van der Waals surface area contributed by atoms with E-state index < -0.39 is 11.2 Å². The van der Waals surface area contributed by atoms with Crippen LogP contribution in [0.25, 0.3) is 0 Å². The lowest BCUT2D eigenvalue weighted by Crippen LogP contribution is -2.28. The maximum absolute atomic E-state index is 11.7. The van der Waals surface area contributed by atoms with Gasteiger partial charge in [0.1, 0.15) is 0 Å². The number of amides is 1. The highest BCUT2D eigenvalue weighted by Gasteiger charge is 2.08. The molecule has 7 nitrogen and oxygen atoms in total. The van der Waals surface area contributed by atoms with Gasteiger partial charge in [-0.1, -0.05) is 29.8 Å². The molecule has 0 radical (unpaired) electrons. The lowest BCUT2D eigenvalue weighted by atomic mass is 10.1. The van der Waals surface area contributed by atoms with Crippen LogP contribution in [0.4, 0.5) is 0 Å². The quantitative estimate of drug-likeness (QED) is 0.563. The van der Waals surface area contributed by atoms with Crippen LogP contribution in [0.3, 0.4) is 0 Å². The number of hydrogen-bond acceptors (Lipinski definition) is 4. The van der Waals surface area contributed by atoms with E-state index in [1.807, 2.05) is 0 Å². The van der Waals surface area contributed by atoms with Gasteiger partial charge in [-0.15, -0.1) is 0 Å². The number of hydrazone groups is 1. The number of benzene rings is 1. The van der Waals surface area contributed by atoms with E-state index in [0.717, 1.165) is 0 Å². The zero-order valence-corrected chi connectivity index (χ0v) is 13.1. The Balaban J connectivity index is 1.93. The Morgan fingerprint density at radius 2 is 2.04 bits per heavy atom. The van der Waals surface area contributed by atoms with Crippen LogP contribution < -0.4 is 16.7 Å². The second-order valence-corrected chi connectivity index (χ2v) is 5.23. The summed E-state index contributed by atoms with van der Waals surface area (Å²) >= 11 is 5.96. The van der Waals surface area contributed by atoms with Crippen molar-refractivity contribution in [2.24, 2.45) is 5.10 Å². The van der Waals surface area contributed by atoms with Crippen LogP contribution in [0.15, 0.2) is 39.0 Å². The topological polar surface area (TPSA) is 107 Å². The van der Waals surface area contributed by atoms with E-state index in [1.165, 1.54) is 6.21 Å². The van der Waals surface area contributed by atoms with Gasteiger partial charge >= 0.3 is 5.69 Å². The summed E-state index contributed by atoms with van der Waals surface area (Å²) in [5.41, 5.74) is 2.82. The van der Waals surface area contributed by atoms with Gasteiger partial charge in [0.25, 0.3) is 5.56 Å². The number of nitrogens with one attached hydrogen (secondary N) is 3. The fourth-order valence-electron chi connectivity index (χ4n) is 1.97. The van der Waals surface area contributed by atoms with Crippen molar-refractivity contribution in [2.75, 3.05) is 0 Å². The predicted octanol–water partition coefficient (Wildman–Crippen LogP) is 1.11. The number of aryl methyl sites for hydroxylation is 1. The standard InChI is InChI=1S/C15H15ClN4O3/c1-9-11(14(22)19-15(23)18-9)6-7-13(21)20-17-8-10-4-2-3-5-12(10)16/h2-5,8H,6-7H2,1H3,(H,20,21)(H2,18,19,22,23)/b17-8+. The van der Waals surface area contributed by atoms with Crippen LogP contribution in [0.5, 0.6) is 0 Å². The molecule has 8 heteroatoms. The van der Waals surface area contributed by atoms with Gasteiger partial charge in [0.05, 0.1) is 6.21 Å². The van der Waals surface area contributed by atoms with Crippen LogP contribution in [-0.4, -0.2) is 22.1 Å². The number of aromatic nitrogens is 2. The normalized spacial score (nSPS) is 10.9. The molecule has 2 rings (SSSR count). The maximum Gasteiger partial charge on any atom is 0.325 e.